The summed E-state index contributed by atoms with van der Waals surface area (Å²) in [6.45, 7) is -2.39. The van der Waals surface area contributed by atoms with Gasteiger partial charge in [0, 0.05) is 5.56 Å². The van der Waals surface area contributed by atoms with Crippen molar-refractivity contribution in [3.8, 4) is 5.75 Å². The Kier molecular flexibility index (Phi) is 3.10. The minimum atomic E-state index is -2.88. The number of fused-ring (bicyclic) bond motifs is 1. The minimum Gasteiger partial charge on any atom is -0.433 e. The fourth-order valence-corrected chi connectivity index (χ4v) is 2.37. The number of ether oxygens (including phenoxy) is 1. The highest BCUT2D eigenvalue weighted by Crippen LogP contribution is 2.35. The standard InChI is InChI=1S/C15H12F2N2O/c16-15(17)20-13-8-4-3-7-12(13)19-9-10-5-1-2-6-11(10)14(19)18/h1-8,15,18H,9H2. The quantitative estimate of drug-likeness (QED) is 0.927. The van der Waals surface area contributed by atoms with Crippen LogP contribution in [0.2, 0.25) is 0 Å². The van der Waals surface area contributed by atoms with Gasteiger partial charge in [0.25, 0.3) is 0 Å². The molecule has 3 nitrogen and oxygen atoms in total. The first-order valence-electron chi connectivity index (χ1n) is 6.15. The normalized spacial score (nSPS) is 13.8. The van der Waals surface area contributed by atoms with Crippen LogP contribution in [-0.2, 0) is 6.54 Å². The Hall–Kier alpha value is -2.43. The molecule has 0 unspecified atom stereocenters. The first-order chi connectivity index (χ1) is 9.66. The van der Waals surface area contributed by atoms with Crippen LogP contribution in [0.3, 0.4) is 0 Å². The van der Waals surface area contributed by atoms with Crippen LogP contribution < -0.4 is 9.64 Å². The van der Waals surface area contributed by atoms with Crippen LogP contribution in [0.1, 0.15) is 11.1 Å². The summed E-state index contributed by atoms with van der Waals surface area (Å²) in [7, 11) is 0. The molecule has 2 aromatic rings. The molecule has 0 radical (unpaired) electrons. The Balaban J connectivity index is 1.98. The number of nitrogens with zero attached hydrogens (tertiary/aromatic N) is 1. The van der Waals surface area contributed by atoms with E-state index in [-0.39, 0.29) is 5.75 Å². The summed E-state index contributed by atoms with van der Waals surface area (Å²) >= 11 is 0. The van der Waals surface area contributed by atoms with Gasteiger partial charge in [0.05, 0.1) is 12.2 Å². The predicted octanol–water partition coefficient (Wildman–Crippen LogP) is 3.63. The van der Waals surface area contributed by atoms with Crippen LogP contribution in [0.4, 0.5) is 14.5 Å². The zero-order valence-electron chi connectivity index (χ0n) is 10.5. The van der Waals surface area contributed by atoms with Crippen molar-refractivity contribution in [3.05, 3.63) is 59.7 Å². The number of hydrogen-bond donors (Lipinski definition) is 1. The molecule has 0 spiro atoms. The number of anilines is 1. The van der Waals surface area contributed by atoms with Crippen molar-refractivity contribution in [1.29, 1.82) is 5.41 Å². The number of rotatable bonds is 3. The lowest BCUT2D eigenvalue weighted by Gasteiger charge is -2.21. The molecule has 2 aromatic carbocycles. The molecule has 5 heteroatoms. The number of amidine groups is 1. The van der Waals surface area contributed by atoms with Crippen molar-refractivity contribution in [2.45, 2.75) is 13.2 Å². The molecule has 20 heavy (non-hydrogen) atoms. The molecule has 1 aliphatic heterocycles. The molecule has 1 N–H and O–H groups in total. The van der Waals surface area contributed by atoms with Gasteiger partial charge in [0.15, 0.2) is 0 Å². The summed E-state index contributed by atoms with van der Waals surface area (Å²) in [5.74, 6) is 0.381. The number of para-hydroxylation sites is 2. The second-order valence-electron chi connectivity index (χ2n) is 4.44. The SMILES string of the molecule is N=C1c2ccccc2CN1c1ccccc1OC(F)F. The molecule has 0 fully saturated rings. The molecule has 0 saturated heterocycles. The third-order valence-corrected chi connectivity index (χ3v) is 3.24. The van der Waals surface area contributed by atoms with E-state index >= 15 is 0 Å². The first-order valence-corrected chi connectivity index (χ1v) is 6.15. The van der Waals surface area contributed by atoms with Crippen molar-refractivity contribution >= 4 is 11.5 Å². The van der Waals surface area contributed by atoms with Gasteiger partial charge in [-0.2, -0.15) is 8.78 Å². The molecule has 0 saturated carbocycles. The Morgan fingerprint density at radius 2 is 1.75 bits per heavy atom. The number of nitrogens with one attached hydrogen (secondary N) is 1. The van der Waals surface area contributed by atoms with E-state index in [2.05, 4.69) is 4.74 Å². The van der Waals surface area contributed by atoms with Gasteiger partial charge in [0.1, 0.15) is 11.6 Å². The second-order valence-corrected chi connectivity index (χ2v) is 4.44. The van der Waals surface area contributed by atoms with Gasteiger partial charge in [0.2, 0.25) is 0 Å². The van der Waals surface area contributed by atoms with Gasteiger partial charge in [-0.1, -0.05) is 36.4 Å². The van der Waals surface area contributed by atoms with Gasteiger partial charge >= 0.3 is 6.61 Å². The predicted molar refractivity (Wildman–Crippen MR) is 72.5 cm³/mol. The van der Waals surface area contributed by atoms with E-state index in [9.17, 15) is 8.78 Å². The Morgan fingerprint density at radius 3 is 2.50 bits per heavy atom. The molecule has 1 heterocycles. The smallest absolute Gasteiger partial charge is 0.387 e. The molecule has 0 bridgehead atoms. The fraction of sp³-hybridized carbons (Fsp3) is 0.133. The molecule has 0 aromatic heterocycles. The fourth-order valence-electron chi connectivity index (χ4n) is 2.37. The van der Waals surface area contributed by atoms with Crippen LogP contribution in [0, 0.1) is 5.41 Å². The summed E-state index contributed by atoms with van der Waals surface area (Å²) in [6, 6.07) is 14.1. The molecule has 0 aliphatic carbocycles. The lowest BCUT2D eigenvalue weighted by atomic mass is 10.1. The molecular formula is C15H12F2N2O. The van der Waals surface area contributed by atoms with Crippen molar-refractivity contribution in [2.75, 3.05) is 4.90 Å². The molecule has 102 valence electrons. The summed E-state index contributed by atoms with van der Waals surface area (Å²) in [4.78, 5) is 1.67. The third kappa shape index (κ3) is 2.11. The monoisotopic (exact) mass is 274 g/mol. The zero-order valence-corrected chi connectivity index (χ0v) is 10.5. The van der Waals surface area contributed by atoms with E-state index in [1.807, 2.05) is 24.3 Å². The van der Waals surface area contributed by atoms with Crippen molar-refractivity contribution in [1.82, 2.24) is 0 Å². The van der Waals surface area contributed by atoms with Crippen LogP contribution in [0.5, 0.6) is 5.75 Å². The zero-order chi connectivity index (χ0) is 14.1. The Bertz CT molecular complexity index is 658. The van der Waals surface area contributed by atoms with E-state index in [1.165, 1.54) is 6.07 Å². The van der Waals surface area contributed by atoms with Gasteiger partial charge in [-0.05, 0) is 17.7 Å². The summed E-state index contributed by atoms with van der Waals surface area (Å²) in [5.41, 5.74) is 2.30. The average molecular weight is 274 g/mol. The summed E-state index contributed by atoms with van der Waals surface area (Å²) < 4.78 is 29.4. The number of benzene rings is 2. The summed E-state index contributed by atoms with van der Waals surface area (Å²) in [5, 5.41) is 8.19. The average Bonchev–Trinajstić information content (AvgIpc) is 2.77. The molecular weight excluding hydrogens is 262 g/mol. The molecule has 1 aliphatic rings. The maximum absolute atomic E-state index is 12.5. The van der Waals surface area contributed by atoms with Crippen LogP contribution in [0.15, 0.2) is 48.5 Å². The van der Waals surface area contributed by atoms with E-state index in [0.29, 0.717) is 18.1 Å². The van der Waals surface area contributed by atoms with Gasteiger partial charge < -0.3 is 9.64 Å². The highest BCUT2D eigenvalue weighted by molar-refractivity contribution is 6.12. The van der Waals surface area contributed by atoms with E-state index in [0.717, 1.165) is 11.1 Å². The molecule has 0 amide bonds. The number of halogens is 2. The lowest BCUT2D eigenvalue weighted by Crippen LogP contribution is -2.24. The minimum absolute atomic E-state index is 0.0834. The van der Waals surface area contributed by atoms with Gasteiger partial charge in [-0.15, -0.1) is 0 Å². The number of alkyl halides is 2. The van der Waals surface area contributed by atoms with Crippen LogP contribution in [-0.4, -0.2) is 12.4 Å². The van der Waals surface area contributed by atoms with Crippen molar-refractivity contribution in [3.63, 3.8) is 0 Å². The largest absolute Gasteiger partial charge is 0.433 e. The van der Waals surface area contributed by atoms with Crippen LogP contribution >= 0.6 is 0 Å². The van der Waals surface area contributed by atoms with Crippen molar-refractivity contribution < 1.29 is 13.5 Å². The maximum atomic E-state index is 12.5. The second kappa shape index (κ2) is 4.92. The van der Waals surface area contributed by atoms with E-state index in [1.54, 1.807) is 23.1 Å². The topological polar surface area (TPSA) is 36.3 Å². The van der Waals surface area contributed by atoms with E-state index < -0.39 is 6.61 Å². The first kappa shape index (κ1) is 12.6. The number of hydrogen-bond acceptors (Lipinski definition) is 2. The van der Waals surface area contributed by atoms with Gasteiger partial charge in [-0.25, -0.2) is 0 Å². The van der Waals surface area contributed by atoms with Crippen LogP contribution in [0.25, 0.3) is 0 Å². The molecule has 0 atom stereocenters. The lowest BCUT2D eigenvalue weighted by molar-refractivity contribution is -0.0494. The van der Waals surface area contributed by atoms with E-state index in [4.69, 9.17) is 5.41 Å². The molecule has 3 rings (SSSR count). The Morgan fingerprint density at radius 1 is 1.05 bits per heavy atom. The third-order valence-electron chi connectivity index (χ3n) is 3.24. The Labute approximate surface area is 114 Å². The maximum Gasteiger partial charge on any atom is 0.387 e. The highest BCUT2D eigenvalue weighted by atomic mass is 19.3. The highest BCUT2D eigenvalue weighted by Gasteiger charge is 2.27. The summed E-state index contributed by atoms with van der Waals surface area (Å²) in [6.07, 6.45) is 0. The van der Waals surface area contributed by atoms with Crippen molar-refractivity contribution in [2.24, 2.45) is 0 Å². The van der Waals surface area contributed by atoms with Gasteiger partial charge in [-0.3, -0.25) is 5.41 Å².